The van der Waals surface area contributed by atoms with Gasteiger partial charge in [-0.15, -0.1) is 0 Å². The quantitative estimate of drug-likeness (QED) is 0.720. The van der Waals surface area contributed by atoms with Crippen LogP contribution < -0.4 is 0 Å². The molecule has 0 aliphatic carbocycles. The van der Waals surface area contributed by atoms with Crippen LogP contribution in [0.2, 0.25) is 0 Å². The van der Waals surface area contributed by atoms with Crippen LogP contribution in [0.5, 0.6) is 0 Å². The number of nitrogens with zero attached hydrogens (tertiary/aromatic N) is 1. The molecule has 1 heterocycles. The van der Waals surface area contributed by atoms with Gasteiger partial charge in [0.1, 0.15) is 0 Å². The lowest BCUT2D eigenvalue weighted by Crippen LogP contribution is -1.85. The predicted molar refractivity (Wildman–Crippen MR) is 52.2 cm³/mol. The monoisotopic (exact) mass is 209 g/mol. The average molecular weight is 209 g/mol. The van der Waals surface area contributed by atoms with Crippen molar-refractivity contribution in [1.82, 2.24) is 9.97 Å². The third-order valence-corrected chi connectivity index (χ3v) is 2.00. The highest BCUT2D eigenvalue weighted by Crippen LogP contribution is 2.00. The lowest BCUT2D eigenvalue weighted by atomic mass is 10.4. The van der Waals surface area contributed by atoms with Crippen LogP contribution in [0.15, 0.2) is 53.9 Å². The van der Waals surface area contributed by atoms with Crippen molar-refractivity contribution in [3.05, 3.63) is 49.1 Å². The standard InChI is InChI=1S/C6H6O2S.C3H4N2/c7-9(8)6-4-2-1-3-5-6;1-2-5-3-4-1/h1-5H,(H,7,8);1-3H,(H,4,5)/p-1. The van der Waals surface area contributed by atoms with Crippen molar-refractivity contribution in [2.24, 2.45) is 0 Å². The van der Waals surface area contributed by atoms with E-state index in [0.717, 1.165) is 0 Å². The van der Waals surface area contributed by atoms with E-state index in [1.807, 2.05) is 0 Å². The van der Waals surface area contributed by atoms with Gasteiger partial charge >= 0.3 is 0 Å². The molecular formula is C9H9N2O2S-. The topological polar surface area (TPSA) is 68.8 Å². The summed E-state index contributed by atoms with van der Waals surface area (Å²) in [6.45, 7) is 0. The van der Waals surface area contributed by atoms with Crippen LogP contribution in [0.1, 0.15) is 0 Å². The van der Waals surface area contributed by atoms with Crippen LogP contribution in [-0.4, -0.2) is 18.7 Å². The first-order valence-electron chi connectivity index (χ1n) is 3.88. The SMILES string of the molecule is O=S([O-])c1ccccc1.c1c[nH]cn1. The number of imidazole rings is 1. The Morgan fingerprint density at radius 2 is 2.00 bits per heavy atom. The summed E-state index contributed by atoms with van der Waals surface area (Å²) >= 11 is -2.08. The zero-order chi connectivity index (χ0) is 10.2. The van der Waals surface area contributed by atoms with Gasteiger partial charge in [0.2, 0.25) is 0 Å². The van der Waals surface area contributed by atoms with Crippen molar-refractivity contribution in [1.29, 1.82) is 0 Å². The molecule has 14 heavy (non-hydrogen) atoms. The summed E-state index contributed by atoms with van der Waals surface area (Å²) in [5.74, 6) is 0. The maximum Gasteiger partial charge on any atom is 0.0919 e. The maximum atomic E-state index is 10.2. The summed E-state index contributed by atoms with van der Waals surface area (Å²) in [6, 6.07) is 8.23. The zero-order valence-corrected chi connectivity index (χ0v) is 8.11. The Kier molecular flexibility index (Phi) is 4.60. The molecule has 0 radical (unpaired) electrons. The van der Waals surface area contributed by atoms with Crippen LogP contribution >= 0.6 is 0 Å². The van der Waals surface area contributed by atoms with Gasteiger partial charge in [0.15, 0.2) is 0 Å². The molecule has 1 aromatic heterocycles. The minimum Gasteiger partial charge on any atom is -0.768 e. The van der Waals surface area contributed by atoms with Crippen molar-refractivity contribution >= 4 is 11.1 Å². The van der Waals surface area contributed by atoms with Gasteiger partial charge in [0.05, 0.1) is 6.33 Å². The molecule has 0 aliphatic rings. The first kappa shape index (κ1) is 10.6. The molecule has 0 aliphatic heterocycles. The molecule has 0 amide bonds. The third kappa shape index (κ3) is 3.97. The smallest absolute Gasteiger partial charge is 0.0919 e. The minimum atomic E-state index is -2.08. The molecule has 0 spiro atoms. The number of hydrogen-bond donors (Lipinski definition) is 1. The van der Waals surface area contributed by atoms with Gasteiger partial charge in [0.25, 0.3) is 0 Å². The summed E-state index contributed by atoms with van der Waals surface area (Å²) in [5.41, 5.74) is 0. The fourth-order valence-corrected chi connectivity index (χ4v) is 1.13. The van der Waals surface area contributed by atoms with E-state index in [1.165, 1.54) is 0 Å². The molecule has 5 heteroatoms. The second-order valence-electron chi connectivity index (χ2n) is 2.31. The molecule has 0 fully saturated rings. The molecule has 1 atom stereocenters. The van der Waals surface area contributed by atoms with Crippen LogP contribution in [0.3, 0.4) is 0 Å². The summed E-state index contributed by atoms with van der Waals surface area (Å²) in [6.07, 6.45) is 5.08. The van der Waals surface area contributed by atoms with E-state index in [9.17, 15) is 8.76 Å². The number of benzene rings is 1. The number of rotatable bonds is 1. The highest BCUT2D eigenvalue weighted by molar-refractivity contribution is 7.79. The van der Waals surface area contributed by atoms with E-state index < -0.39 is 11.1 Å². The number of nitrogens with one attached hydrogen (secondary N) is 1. The van der Waals surface area contributed by atoms with Crippen LogP contribution in [0.4, 0.5) is 0 Å². The molecule has 74 valence electrons. The van der Waals surface area contributed by atoms with Gasteiger partial charge in [-0.3, -0.25) is 4.21 Å². The Bertz CT molecular complexity index is 344. The minimum absolute atomic E-state index is 0.331. The Hall–Kier alpha value is -1.46. The molecule has 1 aromatic carbocycles. The maximum absolute atomic E-state index is 10.2. The average Bonchev–Trinajstić information content (AvgIpc) is 2.77. The molecule has 0 saturated heterocycles. The van der Waals surface area contributed by atoms with Gasteiger partial charge < -0.3 is 9.54 Å². The normalized spacial score (nSPS) is 11.2. The van der Waals surface area contributed by atoms with Crippen molar-refractivity contribution in [2.75, 3.05) is 0 Å². The molecule has 4 nitrogen and oxygen atoms in total. The van der Waals surface area contributed by atoms with E-state index in [-0.39, 0.29) is 0 Å². The molecule has 2 rings (SSSR count). The zero-order valence-electron chi connectivity index (χ0n) is 7.29. The highest BCUT2D eigenvalue weighted by Gasteiger charge is 1.84. The number of aromatic amines is 1. The number of aromatic nitrogens is 2. The van der Waals surface area contributed by atoms with Crippen LogP contribution in [0, 0.1) is 0 Å². The van der Waals surface area contributed by atoms with E-state index in [4.69, 9.17) is 0 Å². The molecule has 0 saturated carbocycles. The summed E-state index contributed by atoms with van der Waals surface area (Å²) in [7, 11) is 0. The lowest BCUT2D eigenvalue weighted by Gasteiger charge is -2.01. The lowest BCUT2D eigenvalue weighted by molar-refractivity contribution is 0.537. The highest BCUT2D eigenvalue weighted by atomic mass is 32.2. The Balaban J connectivity index is 0.000000165. The van der Waals surface area contributed by atoms with E-state index >= 15 is 0 Å². The summed E-state index contributed by atoms with van der Waals surface area (Å²) < 4.78 is 20.4. The largest absolute Gasteiger partial charge is 0.768 e. The Labute approximate surface area is 84.3 Å². The van der Waals surface area contributed by atoms with Gasteiger partial charge in [-0.1, -0.05) is 18.2 Å². The van der Waals surface area contributed by atoms with Crippen LogP contribution in [0.25, 0.3) is 0 Å². The van der Waals surface area contributed by atoms with Crippen molar-refractivity contribution in [2.45, 2.75) is 4.90 Å². The molecular weight excluding hydrogens is 200 g/mol. The van der Waals surface area contributed by atoms with E-state index in [0.29, 0.717) is 4.90 Å². The first-order chi connectivity index (χ1) is 6.80. The second kappa shape index (κ2) is 6.06. The van der Waals surface area contributed by atoms with Gasteiger partial charge in [-0.25, -0.2) is 4.98 Å². The van der Waals surface area contributed by atoms with Gasteiger partial charge in [0, 0.05) is 17.3 Å². The Morgan fingerprint density at radius 1 is 1.29 bits per heavy atom. The summed E-state index contributed by atoms with van der Waals surface area (Å²) in [4.78, 5) is 6.75. The third-order valence-electron chi connectivity index (χ3n) is 1.34. The predicted octanol–water partition coefficient (Wildman–Crippen LogP) is 1.33. The van der Waals surface area contributed by atoms with Gasteiger partial charge in [-0.2, -0.15) is 0 Å². The first-order valence-corrected chi connectivity index (χ1v) is 4.95. The number of hydrogen-bond acceptors (Lipinski definition) is 3. The molecule has 1 N–H and O–H groups in total. The molecule has 0 bridgehead atoms. The van der Waals surface area contributed by atoms with Gasteiger partial charge in [-0.05, 0) is 23.2 Å². The fourth-order valence-electron chi connectivity index (χ4n) is 0.747. The fraction of sp³-hybridized carbons (Fsp3) is 0. The van der Waals surface area contributed by atoms with E-state index in [2.05, 4.69) is 9.97 Å². The second-order valence-corrected chi connectivity index (χ2v) is 3.25. The number of H-pyrrole nitrogens is 1. The summed E-state index contributed by atoms with van der Waals surface area (Å²) in [5, 5.41) is 0. The van der Waals surface area contributed by atoms with E-state index in [1.54, 1.807) is 49.1 Å². The van der Waals surface area contributed by atoms with Crippen molar-refractivity contribution in [3.8, 4) is 0 Å². The van der Waals surface area contributed by atoms with Crippen molar-refractivity contribution < 1.29 is 8.76 Å². The molecule has 2 aromatic rings. The Morgan fingerprint density at radius 3 is 2.29 bits per heavy atom. The molecule has 1 unspecified atom stereocenters. The van der Waals surface area contributed by atoms with Crippen molar-refractivity contribution in [3.63, 3.8) is 0 Å². The van der Waals surface area contributed by atoms with Crippen LogP contribution in [-0.2, 0) is 11.1 Å².